The Hall–Kier alpha value is -0.620. The predicted octanol–water partition coefficient (Wildman–Crippen LogP) is 0.874. The van der Waals surface area contributed by atoms with E-state index in [2.05, 4.69) is 39.4 Å². The van der Waals surface area contributed by atoms with Crippen molar-refractivity contribution in [1.29, 1.82) is 0 Å². The van der Waals surface area contributed by atoms with Crippen LogP contribution >= 0.6 is 11.8 Å². The van der Waals surface area contributed by atoms with Gasteiger partial charge in [-0.15, -0.1) is 10.2 Å². The molecule has 1 aromatic heterocycles. The van der Waals surface area contributed by atoms with Gasteiger partial charge in [-0.3, -0.25) is 0 Å². The summed E-state index contributed by atoms with van der Waals surface area (Å²) in [6.45, 7) is 3.28. The molecule has 1 N–H and O–H groups in total. The number of hydrogen-bond donors (Lipinski definition) is 1. The number of tetrazole rings is 1. The SMILES string of the molecule is CCCNC(Cc1nnn(C)n1)C1CCSC1. The lowest BCUT2D eigenvalue weighted by atomic mass is 9.96. The summed E-state index contributed by atoms with van der Waals surface area (Å²) < 4.78 is 0. The molecule has 2 heterocycles. The number of aryl methyl sites for hydroxylation is 1. The molecule has 5 nitrogen and oxygen atoms in total. The Bertz CT molecular complexity index is 334. The lowest BCUT2D eigenvalue weighted by Gasteiger charge is -2.22. The van der Waals surface area contributed by atoms with Gasteiger partial charge in [-0.2, -0.15) is 16.6 Å². The zero-order valence-corrected chi connectivity index (χ0v) is 11.4. The molecule has 0 aliphatic carbocycles. The van der Waals surface area contributed by atoms with E-state index >= 15 is 0 Å². The molecule has 1 fully saturated rings. The van der Waals surface area contributed by atoms with Crippen LogP contribution in [0, 0.1) is 5.92 Å². The van der Waals surface area contributed by atoms with E-state index in [1.54, 1.807) is 0 Å². The maximum absolute atomic E-state index is 4.28. The number of nitrogens with one attached hydrogen (secondary N) is 1. The maximum atomic E-state index is 4.28. The van der Waals surface area contributed by atoms with Gasteiger partial charge in [-0.25, -0.2) is 0 Å². The molecule has 1 aromatic rings. The summed E-state index contributed by atoms with van der Waals surface area (Å²) in [6, 6.07) is 0.508. The van der Waals surface area contributed by atoms with Crippen LogP contribution in [0.1, 0.15) is 25.6 Å². The van der Waals surface area contributed by atoms with E-state index in [9.17, 15) is 0 Å². The summed E-state index contributed by atoms with van der Waals surface area (Å²) in [5.41, 5.74) is 0. The first kappa shape index (κ1) is 12.8. The minimum absolute atomic E-state index is 0.508. The van der Waals surface area contributed by atoms with Crippen molar-refractivity contribution in [1.82, 2.24) is 25.5 Å². The highest BCUT2D eigenvalue weighted by Gasteiger charge is 2.26. The molecular formula is C11H21N5S. The monoisotopic (exact) mass is 255 g/mol. The lowest BCUT2D eigenvalue weighted by molar-refractivity contribution is 0.374. The fraction of sp³-hybridized carbons (Fsp3) is 0.909. The molecule has 0 radical (unpaired) electrons. The van der Waals surface area contributed by atoms with E-state index < -0.39 is 0 Å². The van der Waals surface area contributed by atoms with Crippen molar-refractivity contribution in [3.63, 3.8) is 0 Å². The third-order valence-corrected chi connectivity index (χ3v) is 4.33. The molecule has 0 aromatic carbocycles. The van der Waals surface area contributed by atoms with Crippen molar-refractivity contribution >= 4 is 11.8 Å². The van der Waals surface area contributed by atoms with Crippen molar-refractivity contribution in [3.05, 3.63) is 5.82 Å². The summed E-state index contributed by atoms with van der Waals surface area (Å²) in [5, 5.41) is 15.9. The molecule has 0 spiro atoms. The van der Waals surface area contributed by atoms with Gasteiger partial charge < -0.3 is 5.32 Å². The molecule has 1 aliphatic heterocycles. The fourth-order valence-electron chi connectivity index (χ4n) is 2.21. The van der Waals surface area contributed by atoms with Crippen molar-refractivity contribution in [3.8, 4) is 0 Å². The Kier molecular flexibility index (Phi) is 4.79. The first-order valence-corrected chi connectivity index (χ1v) is 7.49. The Morgan fingerprint density at radius 2 is 2.47 bits per heavy atom. The standard InChI is InChI=1S/C11H21N5S/c1-3-5-12-10(9-4-6-17-8-9)7-11-13-15-16(2)14-11/h9-10,12H,3-8H2,1-2H3. The minimum atomic E-state index is 0.508. The van der Waals surface area contributed by atoms with Gasteiger partial charge in [0.15, 0.2) is 5.82 Å². The van der Waals surface area contributed by atoms with Crippen molar-refractivity contribution < 1.29 is 0 Å². The molecule has 96 valence electrons. The second-order valence-electron chi connectivity index (χ2n) is 4.58. The highest BCUT2D eigenvalue weighted by molar-refractivity contribution is 7.99. The summed E-state index contributed by atoms with van der Waals surface area (Å²) in [4.78, 5) is 1.54. The summed E-state index contributed by atoms with van der Waals surface area (Å²) in [7, 11) is 1.82. The maximum Gasteiger partial charge on any atom is 0.176 e. The van der Waals surface area contributed by atoms with E-state index in [1.165, 1.54) is 29.1 Å². The van der Waals surface area contributed by atoms with Crippen LogP contribution in [0.2, 0.25) is 0 Å². The van der Waals surface area contributed by atoms with Gasteiger partial charge in [0.25, 0.3) is 0 Å². The number of hydrogen-bond acceptors (Lipinski definition) is 5. The van der Waals surface area contributed by atoms with Crippen molar-refractivity contribution in [2.24, 2.45) is 13.0 Å². The fourth-order valence-corrected chi connectivity index (χ4v) is 3.54. The molecule has 1 saturated heterocycles. The first-order chi connectivity index (χ1) is 8.29. The second kappa shape index (κ2) is 6.35. The molecule has 0 saturated carbocycles. The van der Waals surface area contributed by atoms with Crippen LogP contribution in [-0.2, 0) is 13.5 Å². The van der Waals surface area contributed by atoms with Crippen LogP contribution in [0.5, 0.6) is 0 Å². The third kappa shape index (κ3) is 3.67. The average molecular weight is 255 g/mol. The Balaban J connectivity index is 1.94. The van der Waals surface area contributed by atoms with Crippen LogP contribution in [-0.4, -0.2) is 44.3 Å². The van der Waals surface area contributed by atoms with Gasteiger partial charge in [-0.05, 0) is 42.0 Å². The topological polar surface area (TPSA) is 55.6 Å². The van der Waals surface area contributed by atoms with Crippen LogP contribution < -0.4 is 5.32 Å². The summed E-state index contributed by atoms with van der Waals surface area (Å²) in [6.07, 6.45) is 3.38. The van der Waals surface area contributed by atoms with Gasteiger partial charge in [-0.1, -0.05) is 6.92 Å². The highest BCUT2D eigenvalue weighted by Crippen LogP contribution is 2.27. The molecule has 1 aliphatic rings. The quantitative estimate of drug-likeness (QED) is 0.817. The lowest BCUT2D eigenvalue weighted by Crippen LogP contribution is -2.39. The van der Waals surface area contributed by atoms with E-state index in [1.807, 2.05) is 7.05 Å². The Morgan fingerprint density at radius 3 is 3.06 bits per heavy atom. The Labute approximate surface area is 107 Å². The molecule has 17 heavy (non-hydrogen) atoms. The van der Waals surface area contributed by atoms with Crippen LogP contribution in [0.4, 0.5) is 0 Å². The molecule has 0 bridgehead atoms. The van der Waals surface area contributed by atoms with E-state index in [4.69, 9.17) is 0 Å². The van der Waals surface area contributed by atoms with E-state index in [0.29, 0.717) is 6.04 Å². The normalized spacial score (nSPS) is 21.9. The van der Waals surface area contributed by atoms with Gasteiger partial charge in [0.1, 0.15) is 0 Å². The first-order valence-electron chi connectivity index (χ1n) is 6.33. The zero-order valence-electron chi connectivity index (χ0n) is 10.6. The van der Waals surface area contributed by atoms with Crippen LogP contribution in [0.3, 0.4) is 0 Å². The largest absolute Gasteiger partial charge is 0.313 e. The molecular weight excluding hydrogens is 234 g/mol. The van der Waals surface area contributed by atoms with E-state index in [-0.39, 0.29) is 0 Å². The second-order valence-corrected chi connectivity index (χ2v) is 5.73. The molecule has 6 heteroatoms. The van der Waals surface area contributed by atoms with Crippen LogP contribution in [0.25, 0.3) is 0 Å². The van der Waals surface area contributed by atoms with Gasteiger partial charge in [0.05, 0.1) is 7.05 Å². The predicted molar refractivity (Wildman–Crippen MR) is 70.0 cm³/mol. The number of aromatic nitrogens is 4. The van der Waals surface area contributed by atoms with Gasteiger partial charge >= 0.3 is 0 Å². The van der Waals surface area contributed by atoms with Crippen molar-refractivity contribution in [2.75, 3.05) is 18.1 Å². The molecule has 2 unspecified atom stereocenters. The van der Waals surface area contributed by atoms with Crippen molar-refractivity contribution in [2.45, 2.75) is 32.2 Å². The zero-order chi connectivity index (χ0) is 12.1. The summed E-state index contributed by atoms with van der Waals surface area (Å²) in [5.74, 6) is 4.18. The van der Waals surface area contributed by atoms with Gasteiger partial charge in [0.2, 0.25) is 0 Å². The smallest absolute Gasteiger partial charge is 0.176 e. The number of rotatable bonds is 6. The Morgan fingerprint density at radius 1 is 1.59 bits per heavy atom. The molecule has 2 rings (SSSR count). The number of nitrogens with zero attached hydrogens (tertiary/aromatic N) is 4. The summed E-state index contributed by atoms with van der Waals surface area (Å²) >= 11 is 2.06. The van der Waals surface area contributed by atoms with Crippen LogP contribution in [0.15, 0.2) is 0 Å². The number of thioether (sulfide) groups is 1. The molecule has 2 atom stereocenters. The molecule has 0 amide bonds. The van der Waals surface area contributed by atoms with Gasteiger partial charge in [0, 0.05) is 12.5 Å². The average Bonchev–Trinajstić information content (AvgIpc) is 2.95. The van der Waals surface area contributed by atoms with E-state index in [0.717, 1.165) is 24.7 Å². The highest BCUT2D eigenvalue weighted by atomic mass is 32.2. The third-order valence-electron chi connectivity index (χ3n) is 3.14. The minimum Gasteiger partial charge on any atom is -0.313 e.